The Morgan fingerprint density at radius 1 is 1.62 bits per heavy atom. The molecule has 0 saturated carbocycles. The van der Waals surface area contributed by atoms with E-state index in [1.54, 1.807) is 0 Å². The molecule has 1 aliphatic rings. The second-order valence-corrected chi connectivity index (χ2v) is 3.50. The Balaban J connectivity index is 2.00. The predicted molar refractivity (Wildman–Crippen MR) is 48.3 cm³/mol. The minimum Gasteiger partial charge on any atom is -0.303 e. The summed E-state index contributed by atoms with van der Waals surface area (Å²) < 4.78 is 0. The summed E-state index contributed by atoms with van der Waals surface area (Å²) in [6.07, 6.45) is 2.43. The van der Waals surface area contributed by atoms with E-state index in [2.05, 4.69) is 32.4 Å². The Hall–Kier alpha value is -0.970. The lowest BCUT2D eigenvalue weighted by Gasteiger charge is -2.29. The molecule has 1 atom stereocenters. The fourth-order valence-corrected chi connectivity index (χ4v) is 1.90. The average molecular weight is 181 g/mol. The van der Waals surface area contributed by atoms with Crippen LogP contribution in [0.2, 0.25) is 0 Å². The van der Waals surface area contributed by atoms with Crippen molar-refractivity contribution in [1.29, 1.82) is 0 Å². The molecule has 0 spiro atoms. The van der Waals surface area contributed by atoms with Crippen LogP contribution < -0.4 is 0 Å². The molecule has 1 fully saturated rings. The third kappa shape index (κ3) is 1.85. The lowest BCUT2D eigenvalue weighted by Crippen LogP contribution is -2.34. The van der Waals surface area contributed by atoms with Crippen molar-refractivity contribution < 1.29 is 0 Å². The molecule has 0 aromatic carbocycles. The van der Waals surface area contributed by atoms with Crippen LogP contribution in [0.1, 0.15) is 31.5 Å². The van der Waals surface area contributed by atoms with Gasteiger partial charge < -0.3 is 4.90 Å². The molecule has 5 heteroatoms. The maximum Gasteiger partial charge on any atom is 0.178 e. The number of H-pyrrole nitrogens is 1. The zero-order valence-corrected chi connectivity index (χ0v) is 7.90. The molecule has 5 nitrogen and oxygen atoms in total. The number of hydrogen-bond acceptors (Lipinski definition) is 4. The first kappa shape index (κ1) is 8.62. The van der Waals surface area contributed by atoms with E-state index in [0.717, 1.165) is 18.9 Å². The van der Waals surface area contributed by atoms with Gasteiger partial charge in [-0.2, -0.15) is 5.21 Å². The first-order chi connectivity index (χ1) is 6.40. The fourth-order valence-electron chi connectivity index (χ4n) is 1.90. The van der Waals surface area contributed by atoms with Crippen molar-refractivity contribution >= 4 is 0 Å². The van der Waals surface area contributed by atoms with E-state index in [0.29, 0.717) is 5.92 Å². The number of likely N-dealkylation sites (tertiary alicyclic amines) is 1. The van der Waals surface area contributed by atoms with Gasteiger partial charge in [-0.3, -0.25) is 0 Å². The highest BCUT2D eigenvalue weighted by Gasteiger charge is 2.22. The molecule has 1 N–H and O–H groups in total. The van der Waals surface area contributed by atoms with Crippen molar-refractivity contribution in [3.8, 4) is 0 Å². The monoisotopic (exact) mass is 181 g/mol. The Morgan fingerprint density at radius 3 is 3.23 bits per heavy atom. The molecule has 1 aliphatic heterocycles. The predicted octanol–water partition coefficient (Wildman–Crippen LogP) is 0.399. The molecule has 0 radical (unpaired) electrons. The minimum atomic E-state index is 0.479. The van der Waals surface area contributed by atoms with E-state index in [4.69, 9.17) is 0 Å². The molecule has 72 valence electrons. The molecule has 1 aromatic rings. The van der Waals surface area contributed by atoms with E-state index >= 15 is 0 Å². The van der Waals surface area contributed by atoms with Gasteiger partial charge in [0.15, 0.2) is 5.82 Å². The minimum absolute atomic E-state index is 0.479. The van der Waals surface area contributed by atoms with Crippen molar-refractivity contribution in [2.75, 3.05) is 19.6 Å². The van der Waals surface area contributed by atoms with Crippen molar-refractivity contribution in [2.24, 2.45) is 0 Å². The second kappa shape index (κ2) is 3.83. The molecule has 1 saturated heterocycles. The molecular formula is C8H15N5. The third-order valence-electron chi connectivity index (χ3n) is 2.68. The fraction of sp³-hybridized carbons (Fsp3) is 0.875. The lowest BCUT2D eigenvalue weighted by molar-refractivity contribution is 0.214. The Morgan fingerprint density at radius 2 is 2.54 bits per heavy atom. The molecule has 2 heterocycles. The van der Waals surface area contributed by atoms with Gasteiger partial charge in [-0.1, -0.05) is 12.1 Å². The van der Waals surface area contributed by atoms with Gasteiger partial charge in [0, 0.05) is 12.5 Å². The van der Waals surface area contributed by atoms with Gasteiger partial charge in [-0.15, -0.1) is 10.2 Å². The van der Waals surface area contributed by atoms with Crippen LogP contribution in [0.4, 0.5) is 0 Å². The van der Waals surface area contributed by atoms with Crippen LogP contribution >= 0.6 is 0 Å². The number of likely N-dealkylation sites (N-methyl/N-ethyl adjacent to an activating group) is 1. The number of aromatic amines is 1. The maximum absolute atomic E-state index is 4.03. The van der Waals surface area contributed by atoms with Crippen LogP contribution in [0.3, 0.4) is 0 Å². The zero-order chi connectivity index (χ0) is 9.10. The normalized spacial score (nSPS) is 24.8. The highest BCUT2D eigenvalue weighted by atomic mass is 15.5. The summed E-state index contributed by atoms with van der Waals surface area (Å²) >= 11 is 0. The van der Waals surface area contributed by atoms with E-state index < -0.39 is 0 Å². The Bertz CT molecular complexity index is 245. The molecule has 0 amide bonds. The molecule has 0 bridgehead atoms. The van der Waals surface area contributed by atoms with E-state index in [9.17, 15) is 0 Å². The van der Waals surface area contributed by atoms with Crippen LogP contribution in [0.5, 0.6) is 0 Å². The Labute approximate surface area is 77.5 Å². The number of piperidine rings is 1. The van der Waals surface area contributed by atoms with Crippen LogP contribution in [-0.2, 0) is 0 Å². The summed E-state index contributed by atoms with van der Waals surface area (Å²) in [5, 5.41) is 14.2. The van der Waals surface area contributed by atoms with E-state index in [-0.39, 0.29) is 0 Å². The van der Waals surface area contributed by atoms with Gasteiger partial charge in [0.25, 0.3) is 0 Å². The molecule has 0 unspecified atom stereocenters. The largest absolute Gasteiger partial charge is 0.303 e. The highest BCUT2D eigenvalue weighted by molar-refractivity contribution is 4.94. The van der Waals surface area contributed by atoms with Crippen LogP contribution in [0.15, 0.2) is 0 Å². The molecule has 13 heavy (non-hydrogen) atoms. The number of tetrazole rings is 1. The zero-order valence-electron chi connectivity index (χ0n) is 7.90. The van der Waals surface area contributed by atoms with E-state index in [1.165, 1.54) is 19.4 Å². The standard InChI is InChI=1S/C8H15N5/c1-2-13-5-3-4-7(6-13)8-9-11-12-10-8/h7H,2-6H2,1H3,(H,9,10,11,12)/t7-/m0/s1. The van der Waals surface area contributed by atoms with Crippen LogP contribution in [-0.4, -0.2) is 45.2 Å². The molecule has 0 aliphatic carbocycles. The van der Waals surface area contributed by atoms with Gasteiger partial charge in [0.05, 0.1) is 0 Å². The van der Waals surface area contributed by atoms with Crippen molar-refractivity contribution in [3.05, 3.63) is 5.82 Å². The highest BCUT2D eigenvalue weighted by Crippen LogP contribution is 2.22. The van der Waals surface area contributed by atoms with E-state index in [1.807, 2.05) is 0 Å². The second-order valence-electron chi connectivity index (χ2n) is 3.50. The number of hydrogen-bond donors (Lipinski definition) is 1. The van der Waals surface area contributed by atoms with Gasteiger partial charge in [0.1, 0.15) is 0 Å². The third-order valence-corrected chi connectivity index (χ3v) is 2.68. The molecule has 2 rings (SSSR count). The van der Waals surface area contributed by atoms with Crippen molar-refractivity contribution in [1.82, 2.24) is 25.5 Å². The lowest BCUT2D eigenvalue weighted by atomic mass is 9.97. The van der Waals surface area contributed by atoms with Crippen molar-refractivity contribution in [3.63, 3.8) is 0 Å². The van der Waals surface area contributed by atoms with Gasteiger partial charge in [0.2, 0.25) is 0 Å². The molecular weight excluding hydrogens is 166 g/mol. The average Bonchev–Trinajstić information content (AvgIpc) is 2.71. The van der Waals surface area contributed by atoms with Crippen molar-refractivity contribution in [2.45, 2.75) is 25.7 Å². The van der Waals surface area contributed by atoms with Gasteiger partial charge in [-0.25, -0.2) is 0 Å². The number of nitrogens with one attached hydrogen (secondary N) is 1. The first-order valence-corrected chi connectivity index (χ1v) is 4.86. The summed E-state index contributed by atoms with van der Waals surface area (Å²) in [5.41, 5.74) is 0. The quantitative estimate of drug-likeness (QED) is 0.717. The smallest absolute Gasteiger partial charge is 0.178 e. The summed E-state index contributed by atoms with van der Waals surface area (Å²) in [7, 11) is 0. The van der Waals surface area contributed by atoms with Crippen LogP contribution in [0, 0.1) is 0 Å². The summed E-state index contributed by atoms with van der Waals surface area (Å²) in [4.78, 5) is 2.44. The summed E-state index contributed by atoms with van der Waals surface area (Å²) in [6, 6.07) is 0. The summed E-state index contributed by atoms with van der Waals surface area (Å²) in [5.74, 6) is 1.35. The van der Waals surface area contributed by atoms with Gasteiger partial charge in [-0.05, 0) is 25.9 Å². The topological polar surface area (TPSA) is 57.7 Å². The first-order valence-electron chi connectivity index (χ1n) is 4.86. The molecule has 1 aromatic heterocycles. The number of aromatic nitrogens is 4. The SMILES string of the molecule is CCN1CCC[C@H](c2nn[nH]n2)C1. The van der Waals surface area contributed by atoms with Gasteiger partial charge >= 0.3 is 0 Å². The number of rotatable bonds is 2. The summed E-state index contributed by atoms with van der Waals surface area (Å²) in [6.45, 7) is 5.61. The number of nitrogens with zero attached hydrogens (tertiary/aromatic N) is 4. The Kier molecular flexibility index (Phi) is 2.54. The maximum atomic E-state index is 4.03. The van der Waals surface area contributed by atoms with Crippen LogP contribution in [0.25, 0.3) is 0 Å².